The molecule has 1 aromatic heterocycles. The summed E-state index contributed by atoms with van der Waals surface area (Å²) in [6.45, 7) is 5.42. The van der Waals surface area contributed by atoms with Gasteiger partial charge in [0.2, 0.25) is 0 Å². The van der Waals surface area contributed by atoms with E-state index in [2.05, 4.69) is 27.5 Å². The number of rotatable bonds is 3. The van der Waals surface area contributed by atoms with Crippen LogP contribution in [0.4, 0.5) is 0 Å². The molecule has 0 radical (unpaired) electrons. The molecule has 2 nitrogen and oxygen atoms in total. The quantitative estimate of drug-likeness (QED) is 0.564. The minimum Gasteiger partial charge on any atom is -0.300 e. The van der Waals surface area contributed by atoms with E-state index in [1.165, 1.54) is 0 Å². The van der Waals surface area contributed by atoms with Crippen molar-refractivity contribution >= 4 is 11.3 Å². The normalized spacial score (nSPS) is 9.17. The maximum absolute atomic E-state index is 4.32. The van der Waals surface area contributed by atoms with E-state index >= 15 is 0 Å². The molecule has 0 aliphatic carbocycles. The van der Waals surface area contributed by atoms with Crippen LogP contribution in [0.15, 0.2) is 5.38 Å². The van der Waals surface area contributed by atoms with Crippen molar-refractivity contribution in [2.75, 3.05) is 6.54 Å². The first-order chi connectivity index (χ1) is 5.83. The Balaban J connectivity index is 2.27. The van der Waals surface area contributed by atoms with Crippen molar-refractivity contribution in [1.29, 1.82) is 0 Å². The predicted molar refractivity (Wildman–Crippen MR) is 52.0 cm³/mol. The number of aryl methyl sites for hydroxylation is 1. The first-order valence-electron chi connectivity index (χ1n) is 3.84. The molecule has 0 amide bonds. The Morgan fingerprint density at radius 2 is 2.50 bits per heavy atom. The number of thiazole rings is 1. The summed E-state index contributed by atoms with van der Waals surface area (Å²) in [6, 6.07) is 0. The third kappa shape index (κ3) is 3.04. The van der Waals surface area contributed by atoms with Crippen LogP contribution in [0.1, 0.15) is 17.6 Å². The van der Waals surface area contributed by atoms with Crippen LogP contribution < -0.4 is 5.32 Å². The van der Waals surface area contributed by atoms with Gasteiger partial charge < -0.3 is 0 Å². The summed E-state index contributed by atoms with van der Waals surface area (Å²) < 4.78 is 0. The van der Waals surface area contributed by atoms with Crippen LogP contribution in [0, 0.1) is 18.8 Å². The summed E-state index contributed by atoms with van der Waals surface area (Å²) in [6.07, 6.45) is 0. The van der Waals surface area contributed by atoms with Crippen LogP contribution in [-0.4, -0.2) is 11.5 Å². The zero-order valence-electron chi connectivity index (χ0n) is 7.35. The Hall–Kier alpha value is -0.850. The minimum atomic E-state index is 0.745. The van der Waals surface area contributed by atoms with E-state index in [0.29, 0.717) is 0 Å². The molecule has 0 fully saturated rings. The summed E-state index contributed by atoms with van der Waals surface area (Å²) in [5.74, 6) is 5.77. The van der Waals surface area contributed by atoms with E-state index in [-0.39, 0.29) is 0 Å². The lowest BCUT2D eigenvalue weighted by atomic mass is 10.5. The van der Waals surface area contributed by atoms with Crippen LogP contribution in [0.2, 0.25) is 0 Å². The molecule has 1 rings (SSSR count). The lowest BCUT2D eigenvalue weighted by Crippen LogP contribution is -2.12. The molecular weight excluding hydrogens is 168 g/mol. The van der Waals surface area contributed by atoms with Crippen molar-refractivity contribution in [1.82, 2.24) is 10.3 Å². The van der Waals surface area contributed by atoms with E-state index < -0.39 is 0 Å². The zero-order valence-corrected chi connectivity index (χ0v) is 8.16. The second-order valence-corrected chi connectivity index (χ2v) is 3.36. The lowest BCUT2D eigenvalue weighted by Gasteiger charge is -1.94. The molecule has 12 heavy (non-hydrogen) atoms. The summed E-state index contributed by atoms with van der Waals surface area (Å²) in [5, 5.41) is 6.38. The predicted octanol–water partition coefficient (Wildman–Crippen LogP) is 1.56. The smallest absolute Gasteiger partial charge is 0.107 e. The van der Waals surface area contributed by atoms with Gasteiger partial charge in [0.15, 0.2) is 0 Å². The molecule has 1 N–H and O–H groups in total. The molecular formula is C9H12N2S. The van der Waals surface area contributed by atoms with Crippen LogP contribution >= 0.6 is 11.3 Å². The highest BCUT2D eigenvalue weighted by Gasteiger charge is 1.95. The van der Waals surface area contributed by atoms with E-state index in [1.54, 1.807) is 11.3 Å². The molecule has 1 heterocycles. The van der Waals surface area contributed by atoms with Gasteiger partial charge in [0.1, 0.15) is 5.01 Å². The van der Waals surface area contributed by atoms with Crippen molar-refractivity contribution in [3.63, 3.8) is 0 Å². The van der Waals surface area contributed by atoms with Gasteiger partial charge in [0.25, 0.3) is 0 Å². The van der Waals surface area contributed by atoms with E-state index in [4.69, 9.17) is 0 Å². The van der Waals surface area contributed by atoms with Crippen LogP contribution in [-0.2, 0) is 6.54 Å². The van der Waals surface area contributed by atoms with Crippen molar-refractivity contribution in [3.05, 3.63) is 16.1 Å². The molecule has 64 valence electrons. The first-order valence-corrected chi connectivity index (χ1v) is 4.72. The maximum atomic E-state index is 4.32. The fourth-order valence-corrected chi connectivity index (χ4v) is 1.55. The highest BCUT2D eigenvalue weighted by Crippen LogP contribution is 2.07. The second kappa shape index (κ2) is 4.91. The average Bonchev–Trinajstić information content (AvgIpc) is 2.45. The van der Waals surface area contributed by atoms with Crippen molar-refractivity contribution in [3.8, 4) is 11.8 Å². The van der Waals surface area contributed by atoms with Gasteiger partial charge in [-0.2, -0.15) is 0 Å². The molecule has 3 heteroatoms. The van der Waals surface area contributed by atoms with Gasteiger partial charge >= 0.3 is 0 Å². The molecule has 0 aromatic carbocycles. The van der Waals surface area contributed by atoms with Gasteiger partial charge in [-0.25, -0.2) is 4.98 Å². The van der Waals surface area contributed by atoms with Crippen molar-refractivity contribution in [2.24, 2.45) is 0 Å². The summed E-state index contributed by atoms with van der Waals surface area (Å²) in [7, 11) is 0. The summed E-state index contributed by atoms with van der Waals surface area (Å²) in [5.41, 5.74) is 1.10. The number of aromatic nitrogens is 1. The van der Waals surface area contributed by atoms with Gasteiger partial charge in [-0.15, -0.1) is 17.3 Å². The highest BCUT2D eigenvalue weighted by atomic mass is 32.1. The summed E-state index contributed by atoms with van der Waals surface area (Å²) >= 11 is 1.69. The molecule has 0 saturated heterocycles. The van der Waals surface area contributed by atoms with Gasteiger partial charge in [-0.3, -0.25) is 5.32 Å². The molecule has 0 bridgehead atoms. The molecule has 0 unspecified atom stereocenters. The van der Waals surface area contributed by atoms with Gasteiger partial charge in [-0.05, 0) is 13.8 Å². The van der Waals surface area contributed by atoms with E-state index in [0.717, 1.165) is 23.8 Å². The monoisotopic (exact) mass is 180 g/mol. The van der Waals surface area contributed by atoms with E-state index in [9.17, 15) is 0 Å². The number of nitrogens with one attached hydrogen (secondary N) is 1. The largest absolute Gasteiger partial charge is 0.300 e. The average molecular weight is 180 g/mol. The summed E-state index contributed by atoms with van der Waals surface area (Å²) in [4.78, 5) is 4.32. The Bertz CT molecular complexity index is 293. The topological polar surface area (TPSA) is 24.9 Å². The molecule has 0 aliphatic heterocycles. The fraction of sp³-hybridized carbons (Fsp3) is 0.444. The van der Waals surface area contributed by atoms with Gasteiger partial charge in [0, 0.05) is 17.6 Å². The highest BCUT2D eigenvalue weighted by molar-refractivity contribution is 7.09. The third-order valence-corrected chi connectivity index (χ3v) is 2.30. The van der Waals surface area contributed by atoms with Crippen LogP contribution in [0.5, 0.6) is 0 Å². The number of hydrogen-bond acceptors (Lipinski definition) is 3. The van der Waals surface area contributed by atoms with E-state index in [1.807, 2.05) is 13.8 Å². The Morgan fingerprint density at radius 1 is 1.67 bits per heavy atom. The molecule has 0 atom stereocenters. The third-order valence-electron chi connectivity index (χ3n) is 1.33. The Morgan fingerprint density at radius 3 is 3.08 bits per heavy atom. The van der Waals surface area contributed by atoms with Gasteiger partial charge in [0.05, 0.1) is 6.54 Å². The van der Waals surface area contributed by atoms with Crippen LogP contribution in [0.3, 0.4) is 0 Å². The Labute approximate surface area is 77.0 Å². The van der Waals surface area contributed by atoms with Gasteiger partial charge in [-0.1, -0.05) is 5.92 Å². The SMILES string of the molecule is CC#CCNCc1nc(C)cs1. The minimum absolute atomic E-state index is 0.745. The zero-order chi connectivity index (χ0) is 8.81. The Kier molecular flexibility index (Phi) is 3.78. The van der Waals surface area contributed by atoms with Crippen molar-refractivity contribution in [2.45, 2.75) is 20.4 Å². The lowest BCUT2D eigenvalue weighted by molar-refractivity contribution is 0.762. The maximum Gasteiger partial charge on any atom is 0.107 e. The first kappa shape index (κ1) is 9.24. The van der Waals surface area contributed by atoms with Crippen LogP contribution in [0.25, 0.3) is 0 Å². The second-order valence-electron chi connectivity index (χ2n) is 2.41. The molecule has 0 spiro atoms. The standard InChI is InChI=1S/C9H12N2S/c1-3-4-5-10-6-9-11-8(2)7-12-9/h7,10H,5-6H2,1-2H3. The van der Waals surface area contributed by atoms with Crippen molar-refractivity contribution < 1.29 is 0 Å². The number of nitrogens with zero attached hydrogens (tertiary/aromatic N) is 1. The molecule has 1 aromatic rings. The molecule has 0 saturated carbocycles. The molecule has 0 aliphatic rings. The number of hydrogen-bond donors (Lipinski definition) is 1. The fourth-order valence-electron chi connectivity index (χ4n) is 0.804.